The van der Waals surface area contributed by atoms with E-state index in [-0.39, 0.29) is 5.75 Å². The van der Waals surface area contributed by atoms with Crippen LogP contribution in [0.5, 0.6) is 11.5 Å². The Hall–Kier alpha value is -1.39. The molecule has 0 unspecified atom stereocenters. The molecule has 2 nitrogen and oxygen atoms in total. The Morgan fingerprint density at radius 3 is 2.61 bits per heavy atom. The molecule has 0 aliphatic carbocycles. The van der Waals surface area contributed by atoms with Crippen molar-refractivity contribution in [2.75, 3.05) is 0 Å². The van der Waals surface area contributed by atoms with E-state index in [1.165, 1.54) is 6.07 Å². The molecule has 4 heteroatoms. The van der Waals surface area contributed by atoms with Gasteiger partial charge in [-0.05, 0) is 48.4 Å². The summed E-state index contributed by atoms with van der Waals surface area (Å²) in [7, 11) is 0. The van der Waals surface area contributed by atoms with Crippen LogP contribution in [0.4, 0.5) is 4.39 Å². The summed E-state index contributed by atoms with van der Waals surface area (Å²) < 4.78 is 20.2. The second kappa shape index (κ2) is 5.50. The van der Waals surface area contributed by atoms with Gasteiger partial charge in [-0.25, -0.2) is 4.39 Å². The predicted octanol–water partition coefficient (Wildman–Crippen LogP) is 4.15. The summed E-state index contributed by atoms with van der Waals surface area (Å²) in [5.74, 6) is 0.405. The maximum absolute atomic E-state index is 13.7. The average molecular weight is 310 g/mol. The zero-order valence-electron chi connectivity index (χ0n) is 9.91. The van der Waals surface area contributed by atoms with Crippen LogP contribution in [0.1, 0.15) is 11.1 Å². The minimum atomic E-state index is -0.404. The van der Waals surface area contributed by atoms with Crippen LogP contribution in [-0.4, -0.2) is 0 Å². The highest BCUT2D eigenvalue weighted by molar-refractivity contribution is 9.10. The Balaban J connectivity index is 2.25. The summed E-state index contributed by atoms with van der Waals surface area (Å²) in [6, 6.07) is 10.2. The van der Waals surface area contributed by atoms with Gasteiger partial charge in [0.05, 0.1) is 0 Å². The number of aryl methyl sites for hydroxylation is 1. The molecule has 94 valence electrons. The fourth-order valence-corrected chi connectivity index (χ4v) is 1.81. The lowest BCUT2D eigenvalue weighted by Gasteiger charge is -2.09. The van der Waals surface area contributed by atoms with E-state index in [1.54, 1.807) is 18.2 Å². The minimum Gasteiger partial charge on any atom is -0.454 e. The van der Waals surface area contributed by atoms with Crippen LogP contribution in [0.15, 0.2) is 40.9 Å². The van der Waals surface area contributed by atoms with Crippen LogP contribution in [-0.2, 0) is 6.54 Å². The van der Waals surface area contributed by atoms with Crippen LogP contribution < -0.4 is 10.5 Å². The molecule has 0 bridgehead atoms. The van der Waals surface area contributed by atoms with Crippen LogP contribution in [0.3, 0.4) is 0 Å². The summed E-state index contributed by atoms with van der Waals surface area (Å²) in [4.78, 5) is 0. The lowest BCUT2D eigenvalue weighted by Crippen LogP contribution is -1.97. The van der Waals surface area contributed by atoms with Crippen molar-refractivity contribution in [3.8, 4) is 11.5 Å². The lowest BCUT2D eigenvalue weighted by atomic mass is 10.2. The smallest absolute Gasteiger partial charge is 0.166 e. The summed E-state index contributed by atoms with van der Waals surface area (Å²) >= 11 is 3.40. The molecular weight excluding hydrogens is 297 g/mol. The molecule has 0 atom stereocenters. The second-order valence-electron chi connectivity index (χ2n) is 3.98. The number of nitrogens with two attached hydrogens (primary N) is 1. The minimum absolute atomic E-state index is 0.203. The molecule has 0 saturated carbocycles. The van der Waals surface area contributed by atoms with Gasteiger partial charge >= 0.3 is 0 Å². The van der Waals surface area contributed by atoms with Crippen molar-refractivity contribution in [3.05, 3.63) is 57.8 Å². The van der Waals surface area contributed by atoms with E-state index in [0.717, 1.165) is 15.6 Å². The van der Waals surface area contributed by atoms with Gasteiger partial charge in [0.1, 0.15) is 5.75 Å². The number of hydrogen-bond donors (Lipinski definition) is 1. The van der Waals surface area contributed by atoms with Gasteiger partial charge in [0.15, 0.2) is 11.6 Å². The standard InChI is InChI=1S/C14H13BrFNO/c1-9-6-11(3-4-12(9)15)18-14-5-2-10(8-17)7-13(14)16/h2-7H,8,17H2,1H3. The van der Waals surface area contributed by atoms with Gasteiger partial charge in [-0.1, -0.05) is 22.0 Å². The fourth-order valence-electron chi connectivity index (χ4n) is 1.56. The van der Waals surface area contributed by atoms with Gasteiger partial charge in [0.25, 0.3) is 0 Å². The molecule has 2 aromatic carbocycles. The Morgan fingerprint density at radius 1 is 1.22 bits per heavy atom. The van der Waals surface area contributed by atoms with Crippen molar-refractivity contribution in [3.63, 3.8) is 0 Å². The molecule has 2 rings (SSSR count). The first kappa shape index (κ1) is 13.1. The summed E-state index contributed by atoms with van der Waals surface area (Å²) in [6.07, 6.45) is 0. The predicted molar refractivity (Wildman–Crippen MR) is 73.2 cm³/mol. The summed E-state index contributed by atoms with van der Waals surface area (Å²) in [6.45, 7) is 2.26. The van der Waals surface area contributed by atoms with Gasteiger partial charge in [0, 0.05) is 11.0 Å². The van der Waals surface area contributed by atoms with Crippen LogP contribution >= 0.6 is 15.9 Å². The van der Waals surface area contributed by atoms with Gasteiger partial charge < -0.3 is 10.5 Å². The Kier molecular flexibility index (Phi) is 3.99. The van der Waals surface area contributed by atoms with Crippen molar-refractivity contribution in [1.82, 2.24) is 0 Å². The number of halogens is 2. The Labute approximate surface area is 114 Å². The Morgan fingerprint density at radius 2 is 2.00 bits per heavy atom. The average Bonchev–Trinajstić information content (AvgIpc) is 2.36. The number of rotatable bonds is 3. The van der Waals surface area contributed by atoms with Gasteiger partial charge in [-0.3, -0.25) is 0 Å². The normalized spacial score (nSPS) is 10.4. The zero-order valence-corrected chi connectivity index (χ0v) is 11.5. The maximum Gasteiger partial charge on any atom is 0.166 e. The molecule has 0 aromatic heterocycles. The van der Waals surface area contributed by atoms with E-state index in [4.69, 9.17) is 10.5 Å². The molecule has 18 heavy (non-hydrogen) atoms. The third-order valence-corrected chi connectivity index (χ3v) is 3.48. The van der Waals surface area contributed by atoms with Crippen molar-refractivity contribution in [2.24, 2.45) is 5.73 Å². The van der Waals surface area contributed by atoms with E-state index in [9.17, 15) is 4.39 Å². The van der Waals surface area contributed by atoms with Crippen molar-refractivity contribution >= 4 is 15.9 Å². The second-order valence-corrected chi connectivity index (χ2v) is 4.84. The van der Waals surface area contributed by atoms with Crippen LogP contribution in [0.25, 0.3) is 0 Å². The highest BCUT2D eigenvalue weighted by Crippen LogP contribution is 2.28. The molecular formula is C14H13BrFNO. The molecule has 2 aromatic rings. The Bertz CT molecular complexity index is 572. The van der Waals surface area contributed by atoms with Gasteiger partial charge in [0.2, 0.25) is 0 Å². The number of hydrogen-bond acceptors (Lipinski definition) is 2. The van der Waals surface area contributed by atoms with Crippen LogP contribution in [0.2, 0.25) is 0 Å². The first-order chi connectivity index (χ1) is 8.60. The van der Waals surface area contributed by atoms with Gasteiger partial charge in [-0.2, -0.15) is 0 Å². The topological polar surface area (TPSA) is 35.2 Å². The van der Waals surface area contributed by atoms with E-state index in [0.29, 0.717) is 12.3 Å². The van der Waals surface area contributed by atoms with E-state index >= 15 is 0 Å². The first-order valence-corrected chi connectivity index (χ1v) is 6.32. The van der Waals surface area contributed by atoms with Gasteiger partial charge in [-0.15, -0.1) is 0 Å². The molecule has 2 N–H and O–H groups in total. The number of benzene rings is 2. The maximum atomic E-state index is 13.7. The quantitative estimate of drug-likeness (QED) is 0.924. The molecule has 0 aliphatic rings. The SMILES string of the molecule is Cc1cc(Oc2ccc(CN)cc2F)ccc1Br. The molecule has 0 amide bonds. The third kappa shape index (κ3) is 2.89. The van der Waals surface area contributed by atoms with Crippen molar-refractivity contribution in [2.45, 2.75) is 13.5 Å². The highest BCUT2D eigenvalue weighted by atomic mass is 79.9. The molecule has 0 spiro atoms. The van der Waals surface area contributed by atoms with E-state index in [2.05, 4.69) is 15.9 Å². The largest absolute Gasteiger partial charge is 0.454 e. The lowest BCUT2D eigenvalue weighted by molar-refractivity contribution is 0.441. The highest BCUT2D eigenvalue weighted by Gasteiger charge is 2.06. The molecule has 0 saturated heterocycles. The van der Waals surface area contributed by atoms with E-state index in [1.807, 2.05) is 19.1 Å². The zero-order chi connectivity index (χ0) is 13.1. The third-order valence-electron chi connectivity index (χ3n) is 2.59. The molecule has 0 radical (unpaired) electrons. The van der Waals surface area contributed by atoms with E-state index < -0.39 is 5.82 Å². The monoisotopic (exact) mass is 309 g/mol. The van der Waals surface area contributed by atoms with Crippen LogP contribution in [0, 0.1) is 12.7 Å². The molecule has 0 aliphatic heterocycles. The molecule has 0 heterocycles. The van der Waals surface area contributed by atoms with Crippen molar-refractivity contribution in [1.29, 1.82) is 0 Å². The number of ether oxygens (including phenoxy) is 1. The summed E-state index contributed by atoms with van der Waals surface area (Å²) in [5.41, 5.74) is 7.22. The first-order valence-electron chi connectivity index (χ1n) is 5.52. The molecule has 0 fully saturated rings. The van der Waals surface area contributed by atoms with Crippen molar-refractivity contribution < 1.29 is 9.13 Å². The summed E-state index contributed by atoms with van der Waals surface area (Å²) in [5, 5.41) is 0. The fraction of sp³-hybridized carbons (Fsp3) is 0.143.